The number of aliphatic carboxylic acids is 1. The first-order valence-electron chi connectivity index (χ1n) is 5.92. The van der Waals surface area contributed by atoms with Crippen LogP contribution in [0.5, 0.6) is 0 Å². The SMILES string of the molecule is CCN(CC(=O)N(C)C)C(=O)N[C@@H](CCO)C(=O)O. The normalized spacial score (nSPS) is 11.6. The van der Waals surface area contributed by atoms with Gasteiger partial charge in [-0.15, -0.1) is 0 Å². The molecule has 0 rings (SSSR count). The first-order chi connectivity index (χ1) is 8.83. The number of likely N-dealkylation sites (N-methyl/N-ethyl adjacent to an activating group) is 2. The van der Waals surface area contributed by atoms with Crippen LogP contribution in [-0.2, 0) is 9.59 Å². The second kappa shape index (κ2) is 8.30. The summed E-state index contributed by atoms with van der Waals surface area (Å²) in [5.74, 6) is -1.48. The van der Waals surface area contributed by atoms with Gasteiger partial charge in [-0.05, 0) is 6.92 Å². The number of carbonyl (C=O) groups is 3. The van der Waals surface area contributed by atoms with Gasteiger partial charge in [0.15, 0.2) is 0 Å². The Morgan fingerprint density at radius 3 is 2.21 bits per heavy atom. The Labute approximate surface area is 112 Å². The molecule has 0 aromatic rings. The summed E-state index contributed by atoms with van der Waals surface area (Å²) in [6, 6.07) is -1.81. The lowest BCUT2D eigenvalue weighted by Crippen LogP contribution is -2.50. The molecule has 19 heavy (non-hydrogen) atoms. The average Bonchev–Trinajstić information content (AvgIpc) is 2.34. The minimum Gasteiger partial charge on any atom is -0.480 e. The maximum absolute atomic E-state index is 11.8. The Morgan fingerprint density at radius 1 is 1.26 bits per heavy atom. The molecule has 0 aromatic heterocycles. The Morgan fingerprint density at radius 2 is 1.84 bits per heavy atom. The van der Waals surface area contributed by atoms with Crippen LogP contribution >= 0.6 is 0 Å². The van der Waals surface area contributed by atoms with Gasteiger partial charge in [-0.25, -0.2) is 9.59 Å². The van der Waals surface area contributed by atoms with E-state index in [0.717, 1.165) is 0 Å². The zero-order valence-electron chi connectivity index (χ0n) is 11.4. The molecule has 8 heteroatoms. The van der Waals surface area contributed by atoms with Crippen molar-refractivity contribution in [2.45, 2.75) is 19.4 Å². The highest BCUT2D eigenvalue weighted by molar-refractivity contribution is 5.86. The van der Waals surface area contributed by atoms with Gasteiger partial charge in [-0.2, -0.15) is 0 Å². The van der Waals surface area contributed by atoms with E-state index in [1.807, 2.05) is 0 Å². The Bertz CT molecular complexity index is 332. The molecule has 0 aliphatic carbocycles. The van der Waals surface area contributed by atoms with Crippen molar-refractivity contribution in [1.82, 2.24) is 15.1 Å². The molecule has 0 radical (unpaired) electrons. The van der Waals surface area contributed by atoms with Crippen molar-refractivity contribution < 1.29 is 24.6 Å². The van der Waals surface area contributed by atoms with Gasteiger partial charge in [0, 0.05) is 33.7 Å². The van der Waals surface area contributed by atoms with E-state index in [4.69, 9.17) is 10.2 Å². The molecule has 0 aliphatic heterocycles. The van der Waals surface area contributed by atoms with Crippen LogP contribution in [-0.4, -0.2) is 77.8 Å². The number of nitrogens with zero attached hydrogens (tertiary/aromatic N) is 2. The topological polar surface area (TPSA) is 110 Å². The third kappa shape index (κ3) is 6.05. The lowest BCUT2D eigenvalue weighted by molar-refractivity contribution is -0.139. The molecule has 110 valence electrons. The molecular weight excluding hydrogens is 254 g/mol. The van der Waals surface area contributed by atoms with Crippen molar-refractivity contribution in [3.05, 3.63) is 0 Å². The first kappa shape index (κ1) is 17.2. The zero-order valence-corrected chi connectivity index (χ0v) is 11.4. The molecule has 0 unspecified atom stereocenters. The molecule has 3 N–H and O–H groups in total. The molecule has 0 heterocycles. The predicted molar refractivity (Wildman–Crippen MR) is 67.6 cm³/mol. The summed E-state index contributed by atoms with van der Waals surface area (Å²) in [5, 5.41) is 19.9. The summed E-state index contributed by atoms with van der Waals surface area (Å²) in [4.78, 5) is 36.7. The zero-order chi connectivity index (χ0) is 15.0. The molecule has 1 atom stereocenters. The van der Waals surface area contributed by atoms with Gasteiger partial charge in [0.05, 0.1) is 0 Å². The maximum Gasteiger partial charge on any atom is 0.326 e. The van der Waals surface area contributed by atoms with Crippen LogP contribution in [0.15, 0.2) is 0 Å². The van der Waals surface area contributed by atoms with Crippen LogP contribution in [0.3, 0.4) is 0 Å². The molecule has 3 amide bonds. The minimum absolute atomic E-state index is 0.0831. The van der Waals surface area contributed by atoms with E-state index in [1.165, 1.54) is 9.80 Å². The highest BCUT2D eigenvalue weighted by Crippen LogP contribution is 1.97. The van der Waals surface area contributed by atoms with Crippen LogP contribution in [0.4, 0.5) is 4.79 Å². The summed E-state index contributed by atoms with van der Waals surface area (Å²) in [6.45, 7) is 1.49. The van der Waals surface area contributed by atoms with Gasteiger partial charge in [-0.3, -0.25) is 4.79 Å². The molecular formula is C11H21N3O5. The van der Waals surface area contributed by atoms with Crippen LogP contribution < -0.4 is 5.32 Å². The summed E-state index contributed by atoms with van der Waals surface area (Å²) in [7, 11) is 3.14. The molecule has 8 nitrogen and oxygen atoms in total. The number of rotatable bonds is 7. The molecule has 0 saturated heterocycles. The lowest BCUT2D eigenvalue weighted by Gasteiger charge is -2.24. The van der Waals surface area contributed by atoms with Gasteiger partial charge in [-0.1, -0.05) is 0 Å². The number of carboxylic acid groups (broad SMARTS) is 1. The lowest BCUT2D eigenvalue weighted by atomic mass is 10.2. The number of carbonyl (C=O) groups excluding carboxylic acids is 2. The smallest absolute Gasteiger partial charge is 0.326 e. The Balaban J connectivity index is 4.57. The molecule has 0 fully saturated rings. The van der Waals surface area contributed by atoms with E-state index in [1.54, 1.807) is 21.0 Å². The summed E-state index contributed by atoms with van der Waals surface area (Å²) in [6.07, 6.45) is -0.0831. The third-order valence-electron chi connectivity index (χ3n) is 2.51. The number of aliphatic hydroxyl groups is 1. The monoisotopic (exact) mass is 275 g/mol. The van der Waals surface area contributed by atoms with Crippen molar-refractivity contribution in [2.24, 2.45) is 0 Å². The van der Waals surface area contributed by atoms with Crippen molar-refractivity contribution >= 4 is 17.9 Å². The van der Waals surface area contributed by atoms with Crippen molar-refractivity contribution in [1.29, 1.82) is 0 Å². The van der Waals surface area contributed by atoms with E-state index >= 15 is 0 Å². The Kier molecular flexibility index (Phi) is 7.50. The quantitative estimate of drug-likeness (QED) is 0.548. The summed E-state index contributed by atoms with van der Waals surface area (Å²) < 4.78 is 0. The van der Waals surface area contributed by atoms with Crippen LogP contribution in [0.25, 0.3) is 0 Å². The molecule has 0 spiro atoms. The van der Waals surface area contributed by atoms with E-state index in [2.05, 4.69) is 5.32 Å². The molecule has 0 bridgehead atoms. The van der Waals surface area contributed by atoms with Crippen molar-refractivity contribution in [3.8, 4) is 0 Å². The highest BCUT2D eigenvalue weighted by atomic mass is 16.4. The fraction of sp³-hybridized carbons (Fsp3) is 0.727. The van der Waals surface area contributed by atoms with E-state index in [9.17, 15) is 14.4 Å². The van der Waals surface area contributed by atoms with Crippen LogP contribution in [0.2, 0.25) is 0 Å². The van der Waals surface area contributed by atoms with E-state index in [0.29, 0.717) is 0 Å². The number of amides is 3. The third-order valence-corrected chi connectivity index (χ3v) is 2.51. The van der Waals surface area contributed by atoms with Gasteiger partial charge in [0.1, 0.15) is 12.6 Å². The largest absolute Gasteiger partial charge is 0.480 e. The standard InChI is InChI=1S/C11H21N3O5/c1-4-14(7-9(16)13(2)3)11(19)12-8(5-6-15)10(17)18/h8,15H,4-7H2,1-3H3,(H,12,19)(H,17,18)/t8-/m0/s1. The summed E-state index contributed by atoms with van der Waals surface area (Å²) >= 11 is 0. The van der Waals surface area contributed by atoms with Crippen LogP contribution in [0.1, 0.15) is 13.3 Å². The Hall–Kier alpha value is -1.83. The predicted octanol–water partition coefficient (Wildman–Crippen LogP) is -1.06. The number of hydrogen-bond acceptors (Lipinski definition) is 4. The highest BCUT2D eigenvalue weighted by Gasteiger charge is 2.23. The number of carboxylic acids is 1. The number of nitrogens with one attached hydrogen (secondary N) is 1. The van der Waals surface area contributed by atoms with Gasteiger partial charge in [0.25, 0.3) is 0 Å². The molecule has 0 aromatic carbocycles. The maximum atomic E-state index is 11.8. The minimum atomic E-state index is -1.22. The molecule has 0 saturated carbocycles. The van der Waals surface area contributed by atoms with Crippen molar-refractivity contribution in [3.63, 3.8) is 0 Å². The van der Waals surface area contributed by atoms with Crippen LogP contribution in [0, 0.1) is 0 Å². The first-order valence-corrected chi connectivity index (χ1v) is 5.92. The van der Waals surface area contributed by atoms with Gasteiger partial charge < -0.3 is 25.3 Å². The van der Waals surface area contributed by atoms with E-state index in [-0.39, 0.29) is 32.0 Å². The fourth-order valence-corrected chi connectivity index (χ4v) is 1.26. The second-order valence-electron chi connectivity index (χ2n) is 4.15. The number of hydrogen-bond donors (Lipinski definition) is 3. The number of urea groups is 1. The molecule has 0 aliphatic rings. The second-order valence-corrected chi connectivity index (χ2v) is 4.15. The van der Waals surface area contributed by atoms with Crippen molar-refractivity contribution in [2.75, 3.05) is 33.8 Å². The average molecular weight is 275 g/mol. The number of aliphatic hydroxyl groups excluding tert-OH is 1. The fourth-order valence-electron chi connectivity index (χ4n) is 1.26. The van der Waals surface area contributed by atoms with E-state index < -0.39 is 18.0 Å². The summed E-state index contributed by atoms with van der Waals surface area (Å²) in [5.41, 5.74) is 0. The van der Waals surface area contributed by atoms with Gasteiger partial charge >= 0.3 is 12.0 Å². The van der Waals surface area contributed by atoms with Gasteiger partial charge in [0.2, 0.25) is 5.91 Å².